The van der Waals surface area contributed by atoms with Crippen LogP contribution in [-0.2, 0) is 6.42 Å². The molecular formula is C9H9ClN2OS. The predicted octanol–water partition coefficient (Wildman–Crippen LogP) is 2.89. The Bertz CT molecular complexity index is 424. The maximum atomic E-state index is 5.62. The van der Waals surface area contributed by atoms with Gasteiger partial charge >= 0.3 is 0 Å². The molecule has 74 valence electrons. The van der Waals surface area contributed by atoms with Gasteiger partial charge in [-0.2, -0.15) is 0 Å². The first kappa shape index (κ1) is 9.68. The number of nitrogens with zero attached hydrogens (tertiary/aromatic N) is 2. The zero-order valence-electron chi connectivity index (χ0n) is 7.66. The van der Waals surface area contributed by atoms with Gasteiger partial charge in [0.25, 0.3) is 0 Å². The molecule has 3 nitrogen and oxygen atoms in total. The molecule has 14 heavy (non-hydrogen) atoms. The summed E-state index contributed by atoms with van der Waals surface area (Å²) < 4.78 is 5.20. The lowest BCUT2D eigenvalue weighted by Gasteiger charge is -1.88. The number of hydrogen-bond acceptors (Lipinski definition) is 4. The van der Waals surface area contributed by atoms with E-state index in [1.54, 1.807) is 17.6 Å². The van der Waals surface area contributed by atoms with Gasteiger partial charge < -0.3 is 4.42 Å². The van der Waals surface area contributed by atoms with Gasteiger partial charge in [-0.25, -0.2) is 0 Å². The molecule has 0 aliphatic carbocycles. The Morgan fingerprint density at radius 1 is 1.50 bits per heavy atom. The van der Waals surface area contributed by atoms with Crippen molar-refractivity contribution in [2.75, 3.05) is 5.88 Å². The lowest BCUT2D eigenvalue weighted by molar-refractivity contribution is 0.535. The fraction of sp³-hybridized carbons (Fsp3) is 0.333. The second-order valence-electron chi connectivity index (χ2n) is 2.83. The summed E-state index contributed by atoms with van der Waals surface area (Å²) >= 11 is 7.18. The topological polar surface area (TPSA) is 38.9 Å². The van der Waals surface area contributed by atoms with E-state index in [2.05, 4.69) is 10.2 Å². The number of alkyl halides is 1. The Labute approximate surface area is 90.7 Å². The summed E-state index contributed by atoms with van der Waals surface area (Å²) in [6, 6.07) is 1.90. The van der Waals surface area contributed by atoms with Crippen LogP contribution < -0.4 is 0 Å². The minimum absolute atomic E-state index is 0.582. The number of halogens is 1. The molecule has 0 unspecified atom stereocenters. The fourth-order valence-electron chi connectivity index (χ4n) is 1.15. The lowest BCUT2D eigenvalue weighted by atomic mass is 10.3. The van der Waals surface area contributed by atoms with Gasteiger partial charge in [-0.15, -0.1) is 21.8 Å². The number of aromatic nitrogens is 2. The summed E-state index contributed by atoms with van der Waals surface area (Å²) in [5.74, 6) is 1.46. The summed E-state index contributed by atoms with van der Waals surface area (Å²) in [7, 11) is 0. The first-order chi connectivity index (χ1) is 6.81. The summed E-state index contributed by atoms with van der Waals surface area (Å²) in [6.45, 7) is 1.91. The monoisotopic (exact) mass is 228 g/mol. The summed E-state index contributed by atoms with van der Waals surface area (Å²) in [6.07, 6.45) is 2.43. The molecule has 0 fully saturated rings. The molecule has 0 aliphatic rings. The molecule has 0 saturated carbocycles. The van der Waals surface area contributed by atoms with E-state index >= 15 is 0 Å². The lowest BCUT2D eigenvalue weighted by Crippen LogP contribution is -1.82. The van der Waals surface area contributed by atoms with Crippen LogP contribution in [0.25, 0.3) is 10.6 Å². The van der Waals surface area contributed by atoms with Crippen LogP contribution in [0.4, 0.5) is 0 Å². The van der Waals surface area contributed by atoms with Gasteiger partial charge in [0, 0.05) is 12.3 Å². The van der Waals surface area contributed by atoms with Crippen molar-refractivity contribution in [2.24, 2.45) is 0 Å². The van der Waals surface area contributed by atoms with Crippen LogP contribution in [0, 0.1) is 6.92 Å². The molecular weight excluding hydrogens is 220 g/mol. The molecule has 2 heterocycles. The highest BCUT2D eigenvalue weighted by molar-refractivity contribution is 7.14. The Kier molecular flexibility index (Phi) is 2.84. The molecule has 0 aromatic carbocycles. The van der Waals surface area contributed by atoms with E-state index < -0.39 is 0 Å². The Hall–Kier alpha value is -0.870. The van der Waals surface area contributed by atoms with Gasteiger partial charge in [0.05, 0.1) is 11.8 Å². The summed E-state index contributed by atoms with van der Waals surface area (Å²) in [5, 5.41) is 10.0. The highest BCUT2D eigenvalue weighted by Gasteiger charge is 2.10. The van der Waals surface area contributed by atoms with Crippen LogP contribution >= 0.6 is 22.9 Å². The Morgan fingerprint density at radius 3 is 3.00 bits per heavy atom. The second-order valence-corrected chi connectivity index (χ2v) is 4.27. The SMILES string of the molecule is Cc1occc1-c1nnc(CCCl)s1. The molecule has 0 amide bonds. The third kappa shape index (κ3) is 1.81. The summed E-state index contributed by atoms with van der Waals surface area (Å²) in [4.78, 5) is 0. The van der Waals surface area contributed by atoms with Crippen molar-refractivity contribution in [2.45, 2.75) is 13.3 Å². The molecule has 0 radical (unpaired) electrons. The van der Waals surface area contributed by atoms with Gasteiger partial charge in [0.2, 0.25) is 0 Å². The van der Waals surface area contributed by atoms with Gasteiger partial charge in [0.15, 0.2) is 5.01 Å². The molecule has 0 atom stereocenters. The Morgan fingerprint density at radius 2 is 2.36 bits per heavy atom. The quantitative estimate of drug-likeness (QED) is 0.759. The number of aryl methyl sites for hydroxylation is 2. The van der Waals surface area contributed by atoms with Gasteiger partial charge in [-0.1, -0.05) is 11.3 Å². The highest BCUT2D eigenvalue weighted by Crippen LogP contribution is 2.27. The molecule has 0 spiro atoms. The van der Waals surface area contributed by atoms with Crippen molar-refractivity contribution in [1.82, 2.24) is 10.2 Å². The molecule has 0 aliphatic heterocycles. The third-order valence-electron chi connectivity index (χ3n) is 1.86. The van der Waals surface area contributed by atoms with Crippen molar-refractivity contribution < 1.29 is 4.42 Å². The standard InChI is InChI=1S/C9H9ClN2OS/c1-6-7(3-5-13-6)9-12-11-8(14-9)2-4-10/h3,5H,2,4H2,1H3. The van der Waals surface area contributed by atoms with E-state index in [4.69, 9.17) is 16.0 Å². The van der Waals surface area contributed by atoms with E-state index in [-0.39, 0.29) is 0 Å². The van der Waals surface area contributed by atoms with Crippen LogP contribution in [-0.4, -0.2) is 16.1 Å². The average Bonchev–Trinajstić information content (AvgIpc) is 2.74. The van der Waals surface area contributed by atoms with Crippen molar-refractivity contribution in [3.8, 4) is 10.6 Å². The molecule has 2 aromatic rings. The maximum Gasteiger partial charge on any atom is 0.151 e. The van der Waals surface area contributed by atoms with Crippen molar-refractivity contribution in [3.63, 3.8) is 0 Å². The average molecular weight is 229 g/mol. The normalized spacial score (nSPS) is 10.7. The first-order valence-corrected chi connectivity index (χ1v) is 5.59. The zero-order chi connectivity index (χ0) is 9.97. The smallest absolute Gasteiger partial charge is 0.151 e. The third-order valence-corrected chi connectivity index (χ3v) is 3.07. The fourth-order valence-corrected chi connectivity index (χ4v) is 2.35. The Balaban J connectivity index is 2.29. The van der Waals surface area contributed by atoms with E-state index in [9.17, 15) is 0 Å². The first-order valence-electron chi connectivity index (χ1n) is 4.24. The number of rotatable bonds is 3. The van der Waals surface area contributed by atoms with E-state index in [0.29, 0.717) is 5.88 Å². The second kappa shape index (κ2) is 4.11. The molecule has 5 heteroatoms. The van der Waals surface area contributed by atoms with E-state index in [1.165, 1.54) is 0 Å². The van der Waals surface area contributed by atoms with Crippen LogP contribution in [0.15, 0.2) is 16.7 Å². The molecule has 0 bridgehead atoms. The highest BCUT2D eigenvalue weighted by atomic mass is 35.5. The van der Waals surface area contributed by atoms with Gasteiger partial charge in [-0.3, -0.25) is 0 Å². The molecule has 2 rings (SSSR count). The number of furan rings is 1. The van der Waals surface area contributed by atoms with Crippen LogP contribution in [0.5, 0.6) is 0 Å². The van der Waals surface area contributed by atoms with Crippen LogP contribution in [0.2, 0.25) is 0 Å². The van der Waals surface area contributed by atoms with Gasteiger partial charge in [0.1, 0.15) is 10.8 Å². The zero-order valence-corrected chi connectivity index (χ0v) is 9.23. The molecule has 0 N–H and O–H groups in total. The van der Waals surface area contributed by atoms with Crippen molar-refractivity contribution >= 4 is 22.9 Å². The van der Waals surface area contributed by atoms with E-state index in [0.717, 1.165) is 27.8 Å². The minimum Gasteiger partial charge on any atom is -0.469 e. The maximum absolute atomic E-state index is 5.62. The van der Waals surface area contributed by atoms with Crippen LogP contribution in [0.3, 0.4) is 0 Å². The molecule has 2 aromatic heterocycles. The predicted molar refractivity (Wildman–Crippen MR) is 56.8 cm³/mol. The molecule has 0 saturated heterocycles. The van der Waals surface area contributed by atoms with Crippen molar-refractivity contribution in [3.05, 3.63) is 23.1 Å². The summed E-state index contributed by atoms with van der Waals surface area (Å²) in [5.41, 5.74) is 1.02. The van der Waals surface area contributed by atoms with Gasteiger partial charge in [-0.05, 0) is 13.0 Å². The van der Waals surface area contributed by atoms with E-state index in [1.807, 2.05) is 13.0 Å². The minimum atomic E-state index is 0.582. The largest absolute Gasteiger partial charge is 0.469 e. The number of hydrogen-bond donors (Lipinski definition) is 0. The van der Waals surface area contributed by atoms with Crippen molar-refractivity contribution in [1.29, 1.82) is 0 Å². The van der Waals surface area contributed by atoms with Crippen LogP contribution in [0.1, 0.15) is 10.8 Å².